The van der Waals surface area contributed by atoms with E-state index in [1.807, 2.05) is 0 Å². The van der Waals surface area contributed by atoms with Crippen molar-refractivity contribution < 1.29 is 22.3 Å². The molecule has 8 heteroatoms. The van der Waals surface area contributed by atoms with Gasteiger partial charge in [-0.25, -0.2) is 4.79 Å². The zero-order chi connectivity index (χ0) is 16.2. The van der Waals surface area contributed by atoms with E-state index >= 15 is 0 Å². The summed E-state index contributed by atoms with van der Waals surface area (Å²) in [5.74, 6) is -1.52. The third-order valence-electron chi connectivity index (χ3n) is 2.70. The van der Waals surface area contributed by atoms with E-state index in [0.717, 1.165) is 0 Å². The summed E-state index contributed by atoms with van der Waals surface area (Å²) in [5, 5.41) is 10.5. The molecule has 0 bridgehead atoms. The Kier molecular flexibility index (Phi) is 4.52. The van der Waals surface area contributed by atoms with Crippen molar-refractivity contribution in [3.63, 3.8) is 0 Å². The number of hydrogen-bond acceptors (Lipinski definition) is 6. The molecule has 0 aliphatic carbocycles. The number of hydrogen-bond donors (Lipinski definition) is 0. The van der Waals surface area contributed by atoms with Crippen LogP contribution in [0.3, 0.4) is 0 Å². The highest BCUT2D eigenvalue weighted by Gasteiger charge is 2.19. The van der Waals surface area contributed by atoms with E-state index < -0.39 is 26.8 Å². The first-order chi connectivity index (χ1) is 10.4. The minimum Gasteiger partial charge on any atom is -0.341 e. The molecule has 0 fully saturated rings. The van der Waals surface area contributed by atoms with Gasteiger partial charge < -0.3 is 4.18 Å². The normalized spacial score (nSPS) is 10.9. The first-order valence-corrected chi connectivity index (χ1v) is 7.70. The zero-order valence-electron chi connectivity index (χ0n) is 11.2. The lowest BCUT2D eigenvalue weighted by Crippen LogP contribution is -2.15. The molecule has 0 saturated heterocycles. The van der Waals surface area contributed by atoms with Crippen molar-refractivity contribution in [3.05, 3.63) is 75.8 Å². The maximum atomic E-state index is 11.8. The van der Waals surface area contributed by atoms with Crippen molar-refractivity contribution in [2.45, 2.75) is 5.75 Å². The number of nitrogens with zero attached hydrogens (tertiary/aromatic N) is 1. The Balaban J connectivity index is 2.08. The summed E-state index contributed by atoms with van der Waals surface area (Å²) in [6, 6.07) is 12.7. The zero-order valence-corrected chi connectivity index (χ0v) is 12.0. The van der Waals surface area contributed by atoms with Crippen LogP contribution in [0, 0.1) is 10.1 Å². The quantitative estimate of drug-likeness (QED) is 0.475. The molecule has 0 N–H and O–H groups in total. The fraction of sp³-hybridized carbons (Fsp3) is 0.0714. The Morgan fingerprint density at radius 2 is 1.64 bits per heavy atom. The highest BCUT2D eigenvalue weighted by molar-refractivity contribution is 7.86. The van der Waals surface area contributed by atoms with Gasteiger partial charge in [-0.15, -0.1) is 0 Å². The molecular weight excluding hydrogens is 310 g/mol. The molecule has 0 amide bonds. The molecule has 7 nitrogen and oxygen atoms in total. The van der Waals surface area contributed by atoms with Gasteiger partial charge in [-0.3, -0.25) is 10.1 Å². The van der Waals surface area contributed by atoms with Crippen LogP contribution in [0.5, 0.6) is 0 Å². The molecule has 0 heterocycles. The lowest BCUT2D eigenvalue weighted by atomic mass is 10.2. The van der Waals surface area contributed by atoms with Crippen LogP contribution < -0.4 is 0 Å². The topological polar surface area (TPSA) is 104 Å². The van der Waals surface area contributed by atoms with Crippen LogP contribution >= 0.6 is 0 Å². The van der Waals surface area contributed by atoms with Crippen molar-refractivity contribution in [1.29, 1.82) is 0 Å². The molecule has 0 aliphatic heterocycles. The summed E-state index contributed by atoms with van der Waals surface area (Å²) < 4.78 is 28.2. The average Bonchev–Trinajstić information content (AvgIpc) is 2.47. The van der Waals surface area contributed by atoms with Gasteiger partial charge in [0.2, 0.25) is 0 Å². The van der Waals surface area contributed by atoms with Crippen molar-refractivity contribution in [2.24, 2.45) is 0 Å². The van der Waals surface area contributed by atoms with Crippen LogP contribution in [0.25, 0.3) is 0 Å². The Hall–Kier alpha value is -2.74. The van der Waals surface area contributed by atoms with Crippen LogP contribution in [-0.4, -0.2) is 19.3 Å². The summed E-state index contributed by atoms with van der Waals surface area (Å²) in [6.45, 7) is 0. The number of carbonyl (C=O) groups excluding carboxylic acids is 1. The van der Waals surface area contributed by atoms with Gasteiger partial charge in [-0.2, -0.15) is 8.42 Å². The molecule has 2 rings (SSSR count). The predicted octanol–water partition coefficient (Wildman–Crippen LogP) is 2.28. The Labute approximate surface area is 126 Å². The monoisotopic (exact) mass is 321 g/mol. The molecule has 0 aliphatic rings. The van der Waals surface area contributed by atoms with Crippen LogP contribution in [0.4, 0.5) is 5.69 Å². The van der Waals surface area contributed by atoms with Crippen molar-refractivity contribution in [2.75, 3.05) is 0 Å². The van der Waals surface area contributed by atoms with E-state index in [1.54, 1.807) is 18.2 Å². The van der Waals surface area contributed by atoms with Gasteiger partial charge in [-0.05, 0) is 17.7 Å². The lowest BCUT2D eigenvalue weighted by Gasteiger charge is -2.05. The largest absolute Gasteiger partial charge is 0.353 e. The van der Waals surface area contributed by atoms with E-state index in [-0.39, 0.29) is 16.8 Å². The van der Waals surface area contributed by atoms with Crippen LogP contribution in [0.1, 0.15) is 15.9 Å². The van der Waals surface area contributed by atoms with Crippen LogP contribution in [0.15, 0.2) is 54.6 Å². The van der Waals surface area contributed by atoms with E-state index in [0.29, 0.717) is 0 Å². The highest BCUT2D eigenvalue weighted by Crippen LogP contribution is 2.15. The summed E-state index contributed by atoms with van der Waals surface area (Å²) in [7, 11) is -4.13. The molecule has 22 heavy (non-hydrogen) atoms. The predicted molar refractivity (Wildman–Crippen MR) is 77.6 cm³/mol. The summed E-state index contributed by atoms with van der Waals surface area (Å²) in [5.41, 5.74) is 0.253. The number of benzene rings is 2. The van der Waals surface area contributed by atoms with Gasteiger partial charge in [0.1, 0.15) is 5.75 Å². The minimum atomic E-state index is -4.13. The van der Waals surface area contributed by atoms with Crippen LogP contribution in [0.2, 0.25) is 0 Å². The van der Waals surface area contributed by atoms with E-state index in [2.05, 4.69) is 4.18 Å². The lowest BCUT2D eigenvalue weighted by molar-refractivity contribution is -0.384. The molecule has 0 radical (unpaired) electrons. The average molecular weight is 321 g/mol. The van der Waals surface area contributed by atoms with E-state index in [9.17, 15) is 23.3 Å². The fourth-order valence-corrected chi connectivity index (χ4v) is 2.67. The van der Waals surface area contributed by atoms with E-state index in [1.165, 1.54) is 36.4 Å². The fourth-order valence-electron chi connectivity index (χ4n) is 1.69. The second-order valence-electron chi connectivity index (χ2n) is 4.36. The molecule has 0 aromatic heterocycles. The molecule has 2 aromatic carbocycles. The third kappa shape index (κ3) is 4.13. The summed E-state index contributed by atoms with van der Waals surface area (Å²) in [6.07, 6.45) is 0. The first-order valence-electron chi connectivity index (χ1n) is 6.12. The van der Waals surface area contributed by atoms with Gasteiger partial charge in [-0.1, -0.05) is 30.3 Å². The Morgan fingerprint density at radius 3 is 2.18 bits per heavy atom. The standard InChI is InChI=1S/C14H11NO6S/c16-14(12-4-2-1-3-5-12)21-22(19,20)10-11-6-8-13(9-7-11)15(17)18/h1-9H,10H2. The number of carbonyl (C=O) groups is 1. The van der Waals surface area contributed by atoms with Gasteiger partial charge in [0, 0.05) is 12.1 Å². The second kappa shape index (κ2) is 6.35. The molecule has 0 unspecified atom stereocenters. The molecular formula is C14H11NO6S. The first kappa shape index (κ1) is 15.6. The SMILES string of the molecule is O=C(OS(=O)(=O)Cc1ccc([N+](=O)[O-])cc1)c1ccccc1. The Bertz CT molecular complexity index is 784. The molecule has 2 aromatic rings. The van der Waals surface area contributed by atoms with Crippen molar-refractivity contribution in [3.8, 4) is 0 Å². The maximum absolute atomic E-state index is 11.8. The van der Waals surface area contributed by atoms with Gasteiger partial charge in [0.25, 0.3) is 5.69 Å². The van der Waals surface area contributed by atoms with Gasteiger partial charge >= 0.3 is 16.1 Å². The molecule has 0 saturated carbocycles. The second-order valence-corrected chi connectivity index (χ2v) is 5.93. The summed E-state index contributed by atoms with van der Waals surface area (Å²) in [4.78, 5) is 21.6. The number of nitro benzene ring substituents is 1. The maximum Gasteiger partial charge on any atom is 0.353 e. The van der Waals surface area contributed by atoms with E-state index in [4.69, 9.17) is 0 Å². The smallest absolute Gasteiger partial charge is 0.341 e. The molecule has 0 spiro atoms. The number of rotatable bonds is 5. The number of nitro groups is 1. The minimum absolute atomic E-state index is 0.120. The number of non-ortho nitro benzene ring substituents is 1. The van der Waals surface area contributed by atoms with Gasteiger partial charge in [0.15, 0.2) is 0 Å². The molecule has 114 valence electrons. The van der Waals surface area contributed by atoms with Crippen molar-refractivity contribution >= 4 is 21.8 Å². The van der Waals surface area contributed by atoms with Crippen LogP contribution in [-0.2, 0) is 20.1 Å². The van der Waals surface area contributed by atoms with Crippen molar-refractivity contribution in [1.82, 2.24) is 0 Å². The Morgan fingerprint density at radius 1 is 1.05 bits per heavy atom. The van der Waals surface area contributed by atoms with Gasteiger partial charge in [0.05, 0.1) is 10.5 Å². The third-order valence-corrected chi connectivity index (χ3v) is 3.79. The highest BCUT2D eigenvalue weighted by atomic mass is 32.2. The molecule has 0 atom stereocenters. The summed E-state index contributed by atoms with van der Waals surface area (Å²) >= 11 is 0.